The third-order valence-corrected chi connectivity index (χ3v) is 6.45. The molecule has 0 N–H and O–H groups in total. The van der Waals surface area contributed by atoms with Crippen LogP contribution in [0, 0.1) is 17.9 Å². The molecule has 0 bridgehead atoms. The maximum absolute atomic E-state index is 12.7. The van der Waals surface area contributed by atoms with E-state index < -0.39 is 35.5 Å². The Labute approximate surface area is 216 Å². The maximum Gasteiger partial charge on any atom is 0.348 e. The maximum atomic E-state index is 12.7. The first-order valence-electron chi connectivity index (χ1n) is 11.6. The zero-order chi connectivity index (χ0) is 26.9. The Morgan fingerprint density at radius 3 is 1.39 bits per heavy atom. The molecule has 0 unspecified atom stereocenters. The van der Waals surface area contributed by atoms with Crippen LogP contribution in [0.1, 0.15) is 42.4 Å². The summed E-state index contributed by atoms with van der Waals surface area (Å²) in [6.07, 6.45) is 2.44. The number of rotatable bonds is 2. The molecule has 2 aliphatic heterocycles. The van der Waals surface area contributed by atoms with E-state index in [4.69, 9.17) is 30.8 Å². The minimum Gasteiger partial charge on any atom is -0.419 e. The van der Waals surface area contributed by atoms with Gasteiger partial charge in [0.25, 0.3) is 11.6 Å². The SMILES string of the molecule is [C-]#[N+]c1ccc(C=C2C(=O)OC3(CCC4(CC3)OC(=O)C(=Cc3ccc(C#N)cc3)C(=O)O4)OC2=O)cc1. The zero-order valence-electron chi connectivity index (χ0n) is 19.8. The summed E-state index contributed by atoms with van der Waals surface area (Å²) in [7, 11) is 0. The third-order valence-electron chi connectivity index (χ3n) is 6.45. The lowest BCUT2D eigenvalue weighted by molar-refractivity contribution is -0.291. The van der Waals surface area contributed by atoms with Gasteiger partial charge in [0, 0.05) is 25.7 Å². The molecular weight excluding hydrogens is 492 g/mol. The molecule has 3 aliphatic rings. The Balaban J connectivity index is 1.26. The van der Waals surface area contributed by atoms with Gasteiger partial charge < -0.3 is 18.9 Å². The van der Waals surface area contributed by atoms with Gasteiger partial charge in [-0.3, -0.25) is 0 Å². The largest absolute Gasteiger partial charge is 0.419 e. The second kappa shape index (κ2) is 9.34. The van der Waals surface area contributed by atoms with Gasteiger partial charge in [-0.2, -0.15) is 5.26 Å². The monoisotopic (exact) mass is 510 g/mol. The van der Waals surface area contributed by atoms with E-state index >= 15 is 0 Å². The number of carbonyl (C=O) groups is 4. The Hall–Kier alpha value is -5.22. The molecule has 38 heavy (non-hydrogen) atoms. The van der Waals surface area contributed by atoms with Crippen molar-refractivity contribution in [3.63, 3.8) is 0 Å². The van der Waals surface area contributed by atoms with E-state index in [2.05, 4.69) is 4.85 Å². The molecule has 5 rings (SSSR count). The van der Waals surface area contributed by atoms with Gasteiger partial charge in [-0.15, -0.1) is 0 Å². The van der Waals surface area contributed by atoms with Crippen molar-refractivity contribution >= 4 is 41.7 Å². The Morgan fingerprint density at radius 2 is 1.05 bits per heavy atom. The molecular formula is C28H18N2O8. The normalized spacial score (nSPS) is 24.5. The predicted molar refractivity (Wildman–Crippen MR) is 128 cm³/mol. The van der Waals surface area contributed by atoms with Crippen LogP contribution in [0.3, 0.4) is 0 Å². The van der Waals surface area contributed by atoms with E-state index in [0.717, 1.165) is 0 Å². The van der Waals surface area contributed by atoms with Crippen LogP contribution < -0.4 is 0 Å². The molecule has 188 valence electrons. The van der Waals surface area contributed by atoms with Gasteiger partial charge >= 0.3 is 23.9 Å². The number of ether oxygens (including phenoxy) is 4. The lowest BCUT2D eigenvalue weighted by Gasteiger charge is -2.46. The number of nitrogens with zero attached hydrogens (tertiary/aromatic N) is 2. The van der Waals surface area contributed by atoms with Crippen molar-refractivity contribution in [2.24, 2.45) is 0 Å². The molecule has 2 saturated heterocycles. The summed E-state index contributed by atoms with van der Waals surface area (Å²) in [4.78, 5) is 54.1. The Kier molecular flexibility index (Phi) is 6.01. The van der Waals surface area contributed by atoms with Gasteiger partial charge in [0.2, 0.25) is 0 Å². The van der Waals surface area contributed by atoms with Crippen molar-refractivity contribution in [2.45, 2.75) is 37.3 Å². The standard InChI is InChI=1S/C28H18N2O8/c1-30-20-8-6-18(7-9-20)15-22-25(33)37-28(38-26(22)34)12-10-27(11-13-28)35-23(31)21(24(32)36-27)14-17-2-4-19(16-29)5-3-17/h2-9,14-15H,10-13H2. The highest BCUT2D eigenvalue weighted by Gasteiger charge is 2.56. The first-order valence-corrected chi connectivity index (χ1v) is 11.6. The van der Waals surface area contributed by atoms with Gasteiger partial charge in [0.05, 0.1) is 18.2 Å². The highest BCUT2D eigenvalue weighted by Crippen LogP contribution is 2.45. The Morgan fingerprint density at radius 1 is 0.684 bits per heavy atom. The first-order chi connectivity index (χ1) is 18.2. The average molecular weight is 510 g/mol. The lowest BCUT2D eigenvalue weighted by atomic mass is 9.87. The fourth-order valence-corrected chi connectivity index (χ4v) is 4.39. The topological polar surface area (TPSA) is 133 Å². The van der Waals surface area contributed by atoms with E-state index in [9.17, 15) is 19.2 Å². The molecule has 1 aliphatic carbocycles. The van der Waals surface area contributed by atoms with Crippen molar-refractivity contribution < 1.29 is 38.1 Å². The molecule has 2 aromatic rings. The van der Waals surface area contributed by atoms with E-state index in [1.165, 1.54) is 12.2 Å². The number of nitriles is 1. The number of benzene rings is 2. The summed E-state index contributed by atoms with van der Waals surface area (Å²) in [5.41, 5.74) is 1.29. The predicted octanol–water partition coefficient (Wildman–Crippen LogP) is 3.74. The molecule has 10 heteroatoms. The van der Waals surface area contributed by atoms with Crippen LogP contribution in [0.4, 0.5) is 5.69 Å². The summed E-state index contributed by atoms with van der Waals surface area (Å²) >= 11 is 0. The molecule has 2 spiro atoms. The molecule has 2 aromatic carbocycles. The van der Waals surface area contributed by atoms with E-state index in [1.807, 2.05) is 6.07 Å². The van der Waals surface area contributed by atoms with E-state index in [1.54, 1.807) is 48.5 Å². The second-order valence-electron chi connectivity index (χ2n) is 8.93. The van der Waals surface area contributed by atoms with Crippen molar-refractivity contribution in [1.29, 1.82) is 5.26 Å². The van der Waals surface area contributed by atoms with Crippen LogP contribution in [-0.2, 0) is 38.1 Å². The smallest absolute Gasteiger partial charge is 0.348 e. The summed E-state index contributed by atoms with van der Waals surface area (Å²) in [6, 6.07) is 14.5. The Bertz CT molecular complexity index is 1340. The zero-order valence-corrected chi connectivity index (χ0v) is 19.8. The fourth-order valence-electron chi connectivity index (χ4n) is 4.39. The van der Waals surface area contributed by atoms with Crippen molar-refractivity contribution in [3.8, 4) is 6.07 Å². The molecule has 3 fully saturated rings. The van der Waals surface area contributed by atoms with Crippen LogP contribution >= 0.6 is 0 Å². The fraction of sp³-hybridized carbons (Fsp3) is 0.214. The molecule has 2 heterocycles. The van der Waals surface area contributed by atoms with Gasteiger partial charge in [0.15, 0.2) is 5.69 Å². The van der Waals surface area contributed by atoms with E-state index in [0.29, 0.717) is 22.4 Å². The number of esters is 4. The molecule has 0 atom stereocenters. The molecule has 0 aromatic heterocycles. The molecule has 0 radical (unpaired) electrons. The minimum absolute atomic E-state index is 0.0489. The molecule has 1 saturated carbocycles. The van der Waals surface area contributed by atoms with Crippen LogP contribution in [0.15, 0.2) is 59.7 Å². The summed E-state index contributed by atoms with van der Waals surface area (Å²) < 4.78 is 22.0. The summed E-state index contributed by atoms with van der Waals surface area (Å²) in [6.45, 7) is 7.00. The highest BCUT2D eigenvalue weighted by atomic mass is 16.8. The van der Waals surface area contributed by atoms with Crippen LogP contribution in [-0.4, -0.2) is 35.5 Å². The lowest BCUT2D eigenvalue weighted by Crippen LogP contribution is -2.56. The number of carbonyl (C=O) groups excluding carboxylic acids is 4. The number of hydrogen-bond acceptors (Lipinski definition) is 9. The van der Waals surface area contributed by atoms with Gasteiger partial charge in [-0.1, -0.05) is 36.4 Å². The van der Waals surface area contributed by atoms with Crippen LogP contribution in [0.5, 0.6) is 0 Å². The quantitative estimate of drug-likeness (QED) is 0.256. The van der Waals surface area contributed by atoms with Crippen molar-refractivity contribution in [2.75, 3.05) is 0 Å². The van der Waals surface area contributed by atoms with E-state index in [-0.39, 0.29) is 36.8 Å². The minimum atomic E-state index is -1.57. The van der Waals surface area contributed by atoms with Gasteiger partial charge in [-0.05, 0) is 35.4 Å². The first kappa shape index (κ1) is 24.5. The molecule has 10 nitrogen and oxygen atoms in total. The van der Waals surface area contributed by atoms with Crippen molar-refractivity contribution in [3.05, 3.63) is 87.8 Å². The summed E-state index contributed by atoms with van der Waals surface area (Å²) in [5.74, 6) is -6.60. The van der Waals surface area contributed by atoms with Crippen LogP contribution in [0.2, 0.25) is 0 Å². The van der Waals surface area contributed by atoms with Crippen LogP contribution in [0.25, 0.3) is 17.0 Å². The van der Waals surface area contributed by atoms with Crippen molar-refractivity contribution in [1.82, 2.24) is 0 Å². The third kappa shape index (κ3) is 4.63. The molecule has 0 amide bonds. The van der Waals surface area contributed by atoms with Gasteiger partial charge in [-0.25, -0.2) is 24.0 Å². The average Bonchev–Trinajstić information content (AvgIpc) is 2.91. The summed E-state index contributed by atoms with van der Waals surface area (Å²) in [5, 5.41) is 8.91. The number of hydrogen-bond donors (Lipinski definition) is 0. The highest BCUT2D eigenvalue weighted by molar-refractivity contribution is 6.19. The van der Waals surface area contributed by atoms with Gasteiger partial charge in [0.1, 0.15) is 11.1 Å². The second-order valence-corrected chi connectivity index (χ2v) is 8.93.